The van der Waals surface area contributed by atoms with Crippen LogP contribution in [0.1, 0.15) is 40.2 Å². The largest absolute Gasteiger partial charge is 0.340 e. The zero-order valence-electron chi connectivity index (χ0n) is 17.2. The van der Waals surface area contributed by atoms with Crippen LogP contribution >= 0.6 is 23.1 Å². The molecule has 0 spiro atoms. The molecule has 2 aromatic heterocycles. The van der Waals surface area contributed by atoms with E-state index in [0.717, 1.165) is 34.7 Å². The van der Waals surface area contributed by atoms with Crippen LogP contribution in [0.15, 0.2) is 47.4 Å². The van der Waals surface area contributed by atoms with Gasteiger partial charge in [0.2, 0.25) is 0 Å². The monoisotopic (exact) mass is 452 g/mol. The highest BCUT2D eigenvalue weighted by Crippen LogP contribution is 2.37. The second kappa shape index (κ2) is 8.09. The first-order valence-corrected chi connectivity index (χ1v) is 12.2. The highest BCUT2D eigenvalue weighted by Gasteiger charge is 2.35. The van der Waals surface area contributed by atoms with Gasteiger partial charge in [-0.05, 0) is 61.9 Å². The quantitative estimate of drug-likeness (QED) is 0.396. The molecule has 1 fully saturated rings. The predicted octanol–water partition coefficient (Wildman–Crippen LogP) is 5.83. The van der Waals surface area contributed by atoms with Gasteiger partial charge in [-0.25, -0.2) is 14.4 Å². The molecule has 4 aromatic rings. The number of carbonyl (C=O) groups is 1. The number of thiazole rings is 1. The third-order valence-electron chi connectivity index (χ3n) is 5.56. The molecule has 1 N–H and O–H groups in total. The first-order valence-electron chi connectivity index (χ1n) is 10.1. The van der Waals surface area contributed by atoms with E-state index in [1.165, 1.54) is 28.4 Å². The predicted molar refractivity (Wildman–Crippen MR) is 123 cm³/mol. The van der Waals surface area contributed by atoms with Crippen LogP contribution in [0.4, 0.5) is 4.39 Å². The van der Waals surface area contributed by atoms with E-state index in [-0.39, 0.29) is 17.8 Å². The molecule has 2 aromatic carbocycles. The lowest BCUT2D eigenvalue weighted by molar-refractivity contribution is 0.0726. The topological polar surface area (TPSA) is 61.9 Å². The van der Waals surface area contributed by atoms with Gasteiger partial charge in [-0.3, -0.25) is 4.79 Å². The number of halogens is 1. The van der Waals surface area contributed by atoms with Gasteiger partial charge >= 0.3 is 0 Å². The molecule has 8 heteroatoms. The number of thioether (sulfide) groups is 1. The summed E-state index contributed by atoms with van der Waals surface area (Å²) < 4.78 is 13.8. The number of hydrogen-bond acceptors (Lipinski definition) is 5. The Labute approximate surface area is 187 Å². The van der Waals surface area contributed by atoms with Crippen molar-refractivity contribution in [2.45, 2.75) is 30.7 Å². The van der Waals surface area contributed by atoms with E-state index in [2.05, 4.69) is 22.1 Å². The fourth-order valence-corrected chi connectivity index (χ4v) is 5.47. The molecule has 1 amide bonds. The Morgan fingerprint density at radius 2 is 2.13 bits per heavy atom. The number of imidazole rings is 1. The first-order chi connectivity index (χ1) is 15.0. The van der Waals surface area contributed by atoms with Crippen LogP contribution in [0.3, 0.4) is 0 Å². The molecule has 31 heavy (non-hydrogen) atoms. The molecular formula is C23H21FN4OS2. The summed E-state index contributed by atoms with van der Waals surface area (Å²) in [4.78, 5) is 30.0. The van der Waals surface area contributed by atoms with Gasteiger partial charge in [-0.2, -0.15) is 0 Å². The van der Waals surface area contributed by atoms with Gasteiger partial charge in [0.05, 0.1) is 27.0 Å². The zero-order chi connectivity index (χ0) is 21.5. The highest BCUT2D eigenvalue weighted by molar-refractivity contribution is 7.98. The molecular weight excluding hydrogens is 431 g/mol. The molecule has 1 aliphatic heterocycles. The average Bonchev–Trinajstić information content (AvgIpc) is 3.49. The van der Waals surface area contributed by atoms with Crippen LogP contribution in [0.2, 0.25) is 0 Å². The summed E-state index contributed by atoms with van der Waals surface area (Å²) >= 11 is 3.10. The zero-order valence-corrected chi connectivity index (χ0v) is 18.8. The highest BCUT2D eigenvalue weighted by atomic mass is 32.2. The first kappa shape index (κ1) is 20.2. The molecule has 158 valence electrons. The maximum Gasteiger partial charge on any atom is 0.274 e. The van der Waals surface area contributed by atoms with Gasteiger partial charge in [0.15, 0.2) is 0 Å². The van der Waals surface area contributed by atoms with Gasteiger partial charge in [0.1, 0.15) is 17.3 Å². The number of aromatic nitrogens is 3. The fraction of sp³-hybridized carbons (Fsp3) is 0.261. The average molecular weight is 453 g/mol. The second-order valence-corrected chi connectivity index (χ2v) is 9.67. The number of hydrogen-bond donors (Lipinski definition) is 1. The second-order valence-electron chi connectivity index (χ2n) is 7.58. The van der Waals surface area contributed by atoms with Crippen molar-refractivity contribution in [3.05, 3.63) is 64.8 Å². The summed E-state index contributed by atoms with van der Waals surface area (Å²) in [7, 11) is 0. The Balaban J connectivity index is 1.50. The van der Waals surface area contributed by atoms with Gasteiger partial charge in [-0.1, -0.05) is 12.1 Å². The Morgan fingerprint density at radius 1 is 1.26 bits per heavy atom. The summed E-state index contributed by atoms with van der Waals surface area (Å²) in [6.07, 6.45) is 3.79. The Hall–Kier alpha value is -2.71. The molecule has 3 heterocycles. The fourth-order valence-electron chi connectivity index (χ4n) is 4.12. The van der Waals surface area contributed by atoms with Crippen LogP contribution in [-0.4, -0.2) is 38.6 Å². The lowest BCUT2D eigenvalue weighted by Crippen LogP contribution is -2.31. The van der Waals surface area contributed by atoms with Crippen molar-refractivity contribution in [3.8, 4) is 10.4 Å². The molecule has 1 saturated heterocycles. The van der Waals surface area contributed by atoms with Crippen LogP contribution in [0.25, 0.3) is 21.5 Å². The van der Waals surface area contributed by atoms with E-state index in [4.69, 9.17) is 4.98 Å². The number of fused-ring (bicyclic) bond motifs is 1. The maximum atomic E-state index is 13.8. The molecule has 5 rings (SSSR count). The van der Waals surface area contributed by atoms with Crippen LogP contribution in [-0.2, 0) is 0 Å². The number of likely N-dealkylation sites (tertiary alicyclic amines) is 1. The number of aryl methyl sites for hydroxylation is 1. The lowest BCUT2D eigenvalue weighted by Gasteiger charge is -2.22. The van der Waals surface area contributed by atoms with Gasteiger partial charge in [0, 0.05) is 11.4 Å². The van der Waals surface area contributed by atoms with E-state index >= 15 is 0 Å². The third kappa shape index (κ3) is 3.74. The van der Waals surface area contributed by atoms with Crippen molar-refractivity contribution >= 4 is 40.0 Å². The van der Waals surface area contributed by atoms with Crippen LogP contribution in [0.5, 0.6) is 0 Å². The molecule has 0 radical (unpaired) electrons. The molecule has 0 unspecified atom stereocenters. The standard InChI is InChI=1S/C23H21FN4OS2/c1-13-25-20(21(31-13)14-5-3-6-15(24)11-14)23(29)28-10-4-7-19(28)22-26-17-9-8-16(30-2)12-18(17)27-22/h3,5-6,8-9,11-12,19H,4,7,10H2,1-2H3,(H,26,27)/t19-/m0/s1. The number of rotatable bonds is 4. The van der Waals surface area contributed by atoms with E-state index in [9.17, 15) is 9.18 Å². The SMILES string of the molecule is CSc1ccc2nc([C@@H]3CCCN3C(=O)c3nc(C)sc3-c3cccc(F)c3)[nH]c2c1. The van der Waals surface area contributed by atoms with Crippen molar-refractivity contribution in [3.63, 3.8) is 0 Å². The normalized spacial score (nSPS) is 16.4. The third-order valence-corrected chi connectivity index (χ3v) is 7.31. The van der Waals surface area contributed by atoms with Crippen LogP contribution < -0.4 is 0 Å². The van der Waals surface area contributed by atoms with Crippen molar-refractivity contribution in [1.82, 2.24) is 19.9 Å². The number of aromatic amines is 1. The number of amides is 1. The molecule has 0 aliphatic carbocycles. The summed E-state index contributed by atoms with van der Waals surface area (Å²) in [5.41, 5.74) is 2.95. The summed E-state index contributed by atoms with van der Waals surface area (Å²) in [6.45, 7) is 2.52. The number of H-pyrrole nitrogens is 1. The van der Waals surface area contributed by atoms with Gasteiger partial charge in [0.25, 0.3) is 5.91 Å². The number of benzene rings is 2. The van der Waals surface area contributed by atoms with Crippen LogP contribution in [0, 0.1) is 12.7 Å². The Bertz CT molecular complexity index is 1280. The van der Waals surface area contributed by atoms with Crippen molar-refractivity contribution in [1.29, 1.82) is 0 Å². The molecule has 5 nitrogen and oxygen atoms in total. The maximum absolute atomic E-state index is 13.8. The number of nitrogens with one attached hydrogen (secondary N) is 1. The Morgan fingerprint density at radius 3 is 2.94 bits per heavy atom. The van der Waals surface area contributed by atoms with Crippen molar-refractivity contribution in [2.24, 2.45) is 0 Å². The van der Waals surface area contributed by atoms with Crippen molar-refractivity contribution < 1.29 is 9.18 Å². The minimum absolute atomic E-state index is 0.125. The molecule has 0 bridgehead atoms. The molecule has 0 saturated carbocycles. The molecule has 1 aliphatic rings. The number of nitrogens with zero attached hydrogens (tertiary/aromatic N) is 3. The summed E-state index contributed by atoms with van der Waals surface area (Å²) in [5.74, 6) is 0.350. The van der Waals surface area contributed by atoms with E-state index in [0.29, 0.717) is 22.7 Å². The Kier molecular flexibility index (Phi) is 5.27. The van der Waals surface area contributed by atoms with E-state index in [1.54, 1.807) is 17.8 Å². The minimum Gasteiger partial charge on any atom is -0.340 e. The lowest BCUT2D eigenvalue weighted by atomic mass is 10.1. The summed E-state index contributed by atoms with van der Waals surface area (Å²) in [6, 6.07) is 12.4. The van der Waals surface area contributed by atoms with Gasteiger partial charge in [-0.15, -0.1) is 23.1 Å². The summed E-state index contributed by atoms with van der Waals surface area (Å²) in [5, 5.41) is 0.784. The smallest absolute Gasteiger partial charge is 0.274 e. The van der Waals surface area contributed by atoms with E-state index < -0.39 is 0 Å². The minimum atomic E-state index is -0.326. The number of carbonyl (C=O) groups excluding carboxylic acids is 1. The van der Waals surface area contributed by atoms with Crippen molar-refractivity contribution in [2.75, 3.05) is 12.8 Å². The van der Waals surface area contributed by atoms with Gasteiger partial charge < -0.3 is 9.88 Å². The molecule has 1 atom stereocenters. The van der Waals surface area contributed by atoms with E-state index in [1.807, 2.05) is 30.2 Å².